The van der Waals surface area contributed by atoms with E-state index in [2.05, 4.69) is 15.2 Å². The molecule has 5 rings (SSSR count). The predicted molar refractivity (Wildman–Crippen MR) is 140 cm³/mol. The minimum atomic E-state index is -3.21. The van der Waals surface area contributed by atoms with Crippen molar-refractivity contribution in [2.45, 2.75) is 6.92 Å². The van der Waals surface area contributed by atoms with Crippen molar-refractivity contribution in [3.63, 3.8) is 0 Å². The van der Waals surface area contributed by atoms with Crippen LogP contribution in [0.3, 0.4) is 0 Å². The summed E-state index contributed by atoms with van der Waals surface area (Å²) in [4.78, 5) is 19.7. The molecule has 35 heavy (non-hydrogen) atoms. The van der Waals surface area contributed by atoms with E-state index in [9.17, 15) is 13.2 Å². The molecule has 0 aliphatic carbocycles. The number of rotatable bonds is 6. The van der Waals surface area contributed by atoms with Gasteiger partial charge >= 0.3 is 0 Å². The van der Waals surface area contributed by atoms with Crippen LogP contribution in [-0.4, -0.2) is 54.2 Å². The topological polar surface area (TPSA) is 87.5 Å². The maximum Gasteiger partial charge on any atom is 0.213 e. The predicted octanol–water partition coefficient (Wildman–Crippen LogP) is 3.60. The molecular weight excluding hydrogens is 462 g/mol. The molecule has 1 saturated heterocycles. The number of hydrogen-bond acceptors (Lipinski definition) is 6. The molecule has 2 aromatic carbocycles. The lowest BCUT2D eigenvalue weighted by Crippen LogP contribution is -2.49. The highest BCUT2D eigenvalue weighted by atomic mass is 32.2. The second-order valence-electron chi connectivity index (χ2n) is 8.40. The van der Waals surface area contributed by atoms with E-state index in [1.165, 1.54) is 4.31 Å². The van der Waals surface area contributed by atoms with Crippen molar-refractivity contribution in [2.75, 3.05) is 42.1 Å². The minimum Gasteiger partial charge on any atom is -0.354 e. The number of sulfonamides is 1. The van der Waals surface area contributed by atoms with Crippen LogP contribution in [0.15, 0.2) is 83.8 Å². The lowest BCUT2D eigenvalue weighted by molar-refractivity contribution is 0.384. The number of aromatic nitrogens is 2. The molecule has 1 aliphatic heterocycles. The molecule has 9 heteroatoms. The van der Waals surface area contributed by atoms with E-state index in [-0.39, 0.29) is 11.2 Å². The number of pyridine rings is 2. The molecule has 0 atom stereocenters. The Bertz CT molecular complexity index is 1500. The number of piperazine rings is 1. The molecule has 8 nitrogen and oxygen atoms in total. The quantitative estimate of drug-likeness (QED) is 0.445. The highest BCUT2D eigenvalue weighted by Crippen LogP contribution is 2.27. The van der Waals surface area contributed by atoms with Crippen LogP contribution in [-0.2, 0) is 10.0 Å². The Balaban J connectivity index is 1.59. The van der Waals surface area contributed by atoms with Gasteiger partial charge in [0, 0.05) is 55.9 Å². The van der Waals surface area contributed by atoms with E-state index < -0.39 is 10.0 Å². The second kappa shape index (κ2) is 9.52. The Morgan fingerprint density at radius 3 is 2.23 bits per heavy atom. The molecule has 1 N–H and O–H groups in total. The van der Waals surface area contributed by atoms with Gasteiger partial charge in [-0.05, 0) is 31.2 Å². The van der Waals surface area contributed by atoms with E-state index in [0.29, 0.717) is 43.2 Å². The van der Waals surface area contributed by atoms with Gasteiger partial charge in [-0.25, -0.2) is 13.4 Å². The first-order valence-corrected chi connectivity index (χ1v) is 13.2. The Kier molecular flexibility index (Phi) is 6.27. The van der Waals surface area contributed by atoms with Crippen molar-refractivity contribution in [1.29, 1.82) is 0 Å². The van der Waals surface area contributed by atoms with Gasteiger partial charge < -0.3 is 10.2 Å². The molecule has 0 unspecified atom stereocenters. The third-order valence-electron chi connectivity index (χ3n) is 6.26. The van der Waals surface area contributed by atoms with Gasteiger partial charge in [-0.2, -0.15) is 4.31 Å². The van der Waals surface area contributed by atoms with Gasteiger partial charge in [0.2, 0.25) is 10.0 Å². The number of anilines is 3. The maximum absolute atomic E-state index is 13.1. The molecule has 2 aromatic heterocycles. The summed E-state index contributed by atoms with van der Waals surface area (Å²) in [6.07, 6.45) is 1.62. The van der Waals surface area contributed by atoms with E-state index in [1.807, 2.05) is 71.3 Å². The minimum absolute atomic E-state index is 0.0990. The standard InChI is InChI=1S/C26H27N5O3S/c1-2-35(33,34)30-15-13-29(14-16-30)25-17-23-22(19-27-25)24(32)18-26(28-20-9-5-3-6-10-20)31(23)21-11-7-4-8-12-21/h3-12,17-19,28H,2,13-16H2,1H3. The molecule has 1 fully saturated rings. The van der Waals surface area contributed by atoms with E-state index in [1.54, 1.807) is 19.2 Å². The van der Waals surface area contributed by atoms with Crippen molar-refractivity contribution < 1.29 is 8.42 Å². The molecular formula is C26H27N5O3S. The van der Waals surface area contributed by atoms with Crippen molar-refractivity contribution in [1.82, 2.24) is 13.9 Å². The average Bonchev–Trinajstić information content (AvgIpc) is 2.90. The van der Waals surface area contributed by atoms with E-state index >= 15 is 0 Å². The van der Waals surface area contributed by atoms with Crippen LogP contribution in [0.2, 0.25) is 0 Å². The van der Waals surface area contributed by atoms with Gasteiger partial charge in [-0.3, -0.25) is 9.36 Å². The number of hydrogen-bond donors (Lipinski definition) is 1. The number of fused-ring (bicyclic) bond motifs is 1. The molecule has 4 aromatic rings. The van der Waals surface area contributed by atoms with Crippen molar-refractivity contribution in [3.05, 3.63) is 89.2 Å². The zero-order chi connectivity index (χ0) is 24.4. The largest absolute Gasteiger partial charge is 0.354 e. The van der Waals surface area contributed by atoms with Crippen molar-refractivity contribution >= 4 is 38.2 Å². The summed E-state index contributed by atoms with van der Waals surface area (Å²) in [5, 5.41) is 3.90. The van der Waals surface area contributed by atoms with Gasteiger partial charge in [0.15, 0.2) is 5.43 Å². The second-order valence-corrected chi connectivity index (χ2v) is 10.7. The van der Waals surface area contributed by atoms with Crippen LogP contribution < -0.4 is 15.6 Å². The third kappa shape index (κ3) is 4.65. The Morgan fingerprint density at radius 2 is 1.57 bits per heavy atom. The summed E-state index contributed by atoms with van der Waals surface area (Å²) < 4.78 is 28.0. The first-order valence-electron chi connectivity index (χ1n) is 11.6. The van der Waals surface area contributed by atoms with Gasteiger partial charge in [0.1, 0.15) is 11.6 Å². The summed E-state index contributed by atoms with van der Waals surface area (Å²) in [6.45, 7) is 3.56. The molecule has 0 radical (unpaired) electrons. The third-order valence-corrected chi connectivity index (χ3v) is 8.15. The molecule has 0 bridgehead atoms. The molecule has 1 aliphatic rings. The lowest BCUT2D eigenvalue weighted by atomic mass is 10.2. The Labute approximate surface area is 204 Å². The van der Waals surface area contributed by atoms with Crippen LogP contribution in [0.5, 0.6) is 0 Å². The van der Waals surface area contributed by atoms with Crippen molar-refractivity contribution in [3.8, 4) is 5.69 Å². The first kappa shape index (κ1) is 23.1. The van der Waals surface area contributed by atoms with Gasteiger partial charge in [-0.15, -0.1) is 0 Å². The van der Waals surface area contributed by atoms with Crippen LogP contribution in [0.25, 0.3) is 16.6 Å². The average molecular weight is 490 g/mol. The first-order chi connectivity index (χ1) is 17.0. The fourth-order valence-corrected chi connectivity index (χ4v) is 5.46. The summed E-state index contributed by atoms with van der Waals surface area (Å²) >= 11 is 0. The molecule has 0 spiro atoms. The number of nitrogens with zero attached hydrogens (tertiary/aromatic N) is 4. The molecule has 0 saturated carbocycles. The van der Waals surface area contributed by atoms with E-state index in [4.69, 9.17) is 0 Å². The molecule has 3 heterocycles. The number of nitrogens with one attached hydrogen (secondary N) is 1. The van der Waals surface area contributed by atoms with Gasteiger partial charge in [0.25, 0.3) is 0 Å². The fraction of sp³-hybridized carbons (Fsp3) is 0.231. The van der Waals surface area contributed by atoms with Crippen LogP contribution >= 0.6 is 0 Å². The Morgan fingerprint density at radius 1 is 0.914 bits per heavy atom. The summed E-state index contributed by atoms with van der Waals surface area (Å²) in [5.74, 6) is 1.46. The zero-order valence-corrected chi connectivity index (χ0v) is 20.3. The van der Waals surface area contributed by atoms with Crippen LogP contribution in [0, 0.1) is 0 Å². The Hall–Kier alpha value is -3.69. The van der Waals surface area contributed by atoms with Gasteiger partial charge in [-0.1, -0.05) is 36.4 Å². The van der Waals surface area contributed by atoms with Crippen LogP contribution in [0.4, 0.5) is 17.3 Å². The monoisotopic (exact) mass is 489 g/mol. The SMILES string of the molecule is CCS(=O)(=O)N1CCN(c2cc3c(cn2)c(=O)cc(Nc2ccccc2)n3-c2ccccc2)CC1. The highest BCUT2D eigenvalue weighted by Gasteiger charge is 2.26. The summed E-state index contributed by atoms with van der Waals surface area (Å²) in [6, 6.07) is 23.1. The molecule has 0 amide bonds. The molecule has 180 valence electrons. The van der Waals surface area contributed by atoms with E-state index in [0.717, 1.165) is 16.9 Å². The maximum atomic E-state index is 13.1. The van der Waals surface area contributed by atoms with Gasteiger partial charge in [0.05, 0.1) is 16.7 Å². The smallest absolute Gasteiger partial charge is 0.213 e. The fourth-order valence-electron chi connectivity index (χ4n) is 4.37. The summed E-state index contributed by atoms with van der Waals surface area (Å²) in [5.41, 5.74) is 2.39. The number of benzene rings is 2. The number of para-hydroxylation sites is 2. The van der Waals surface area contributed by atoms with Crippen molar-refractivity contribution in [2.24, 2.45) is 0 Å². The highest BCUT2D eigenvalue weighted by molar-refractivity contribution is 7.89. The summed E-state index contributed by atoms with van der Waals surface area (Å²) in [7, 11) is -3.21. The zero-order valence-electron chi connectivity index (χ0n) is 19.5. The normalized spacial score (nSPS) is 14.8. The van der Waals surface area contributed by atoms with Crippen LogP contribution in [0.1, 0.15) is 6.92 Å². The lowest BCUT2D eigenvalue weighted by Gasteiger charge is -2.34.